The van der Waals surface area contributed by atoms with Crippen molar-refractivity contribution in [2.24, 2.45) is 0 Å². The van der Waals surface area contributed by atoms with Crippen molar-refractivity contribution in [1.82, 2.24) is 4.98 Å². The lowest BCUT2D eigenvalue weighted by Gasteiger charge is -2.01. The first-order valence-corrected chi connectivity index (χ1v) is 4.81. The second kappa shape index (κ2) is 3.37. The zero-order valence-electron chi connectivity index (χ0n) is 4.91. The molecular formula is C5HBr3FNO. The van der Waals surface area contributed by atoms with Crippen LogP contribution >= 0.6 is 47.8 Å². The maximum absolute atomic E-state index is 12.7. The summed E-state index contributed by atoms with van der Waals surface area (Å²) in [5.74, 6) is -0.957. The first kappa shape index (κ1) is 9.41. The van der Waals surface area contributed by atoms with Crippen molar-refractivity contribution >= 4 is 47.8 Å². The number of nitrogens with zero attached hydrogens (tertiary/aromatic N) is 1. The van der Waals surface area contributed by atoms with Crippen LogP contribution in [0, 0.1) is 5.95 Å². The Balaban J connectivity index is 3.46. The highest BCUT2D eigenvalue weighted by Gasteiger charge is 2.13. The van der Waals surface area contributed by atoms with Crippen LogP contribution in [0.2, 0.25) is 0 Å². The number of rotatable bonds is 0. The Bertz CT molecular complexity index is 278. The molecule has 11 heavy (non-hydrogen) atoms. The van der Waals surface area contributed by atoms with Crippen LogP contribution in [0.5, 0.6) is 5.75 Å². The Labute approximate surface area is 87.2 Å². The van der Waals surface area contributed by atoms with E-state index in [2.05, 4.69) is 52.8 Å². The average Bonchev–Trinajstić information content (AvgIpc) is 1.97. The standard InChI is InChI=1S/C5HBr3FNO/c6-1-3(11)2(7)5(9)10-4(1)8/h(H,10,11). The summed E-state index contributed by atoms with van der Waals surface area (Å²) >= 11 is 8.79. The molecule has 0 fully saturated rings. The smallest absolute Gasteiger partial charge is 0.232 e. The molecule has 0 bridgehead atoms. The normalized spacial score (nSPS) is 10.2. The van der Waals surface area contributed by atoms with Crippen LogP contribution < -0.4 is 0 Å². The van der Waals surface area contributed by atoms with E-state index in [1.54, 1.807) is 0 Å². The van der Waals surface area contributed by atoms with Crippen LogP contribution in [0.3, 0.4) is 0 Å². The van der Waals surface area contributed by atoms with Gasteiger partial charge in [0.25, 0.3) is 0 Å². The minimum Gasteiger partial charge on any atom is -0.505 e. The number of pyridine rings is 1. The SMILES string of the molecule is Oc1c(Br)c(F)nc(Br)c1Br. The van der Waals surface area contributed by atoms with Crippen LogP contribution in [0.1, 0.15) is 0 Å². The van der Waals surface area contributed by atoms with Gasteiger partial charge in [0.2, 0.25) is 5.95 Å². The fraction of sp³-hybridized carbons (Fsp3) is 0. The van der Waals surface area contributed by atoms with Gasteiger partial charge in [0.1, 0.15) is 9.08 Å². The van der Waals surface area contributed by atoms with E-state index >= 15 is 0 Å². The molecular weight excluding hydrogens is 349 g/mol. The molecule has 0 aliphatic heterocycles. The zero-order chi connectivity index (χ0) is 8.59. The molecule has 0 radical (unpaired) electrons. The molecule has 1 N–H and O–H groups in total. The van der Waals surface area contributed by atoms with E-state index in [0.29, 0.717) is 4.47 Å². The molecule has 1 aromatic rings. The largest absolute Gasteiger partial charge is 0.505 e. The second-order valence-corrected chi connectivity index (χ2v) is 4.01. The van der Waals surface area contributed by atoms with E-state index < -0.39 is 5.95 Å². The van der Waals surface area contributed by atoms with Crippen LogP contribution in [0.15, 0.2) is 13.5 Å². The van der Waals surface area contributed by atoms with Crippen LogP contribution in [0.25, 0.3) is 0 Å². The third kappa shape index (κ3) is 1.73. The molecule has 0 aromatic carbocycles. The van der Waals surface area contributed by atoms with Crippen LogP contribution in [-0.2, 0) is 0 Å². The first-order chi connectivity index (χ1) is 5.04. The average molecular weight is 350 g/mol. The van der Waals surface area contributed by atoms with Crippen molar-refractivity contribution in [2.45, 2.75) is 0 Å². The summed E-state index contributed by atoms with van der Waals surface area (Å²) in [5.41, 5.74) is 0. The third-order valence-corrected chi connectivity index (χ3v) is 3.53. The lowest BCUT2D eigenvalue weighted by atomic mass is 10.4. The summed E-state index contributed by atoms with van der Waals surface area (Å²) in [4.78, 5) is 3.43. The zero-order valence-corrected chi connectivity index (χ0v) is 9.66. The Hall–Kier alpha value is 0.320. The summed E-state index contributed by atoms with van der Waals surface area (Å²) < 4.78 is 13.2. The molecule has 1 rings (SSSR count). The lowest BCUT2D eigenvalue weighted by molar-refractivity contribution is 0.453. The number of aromatic nitrogens is 1. The van der Waals surface area contributed by atoms with Gasteiger partial charge in [-0.2, -0.15) is 4.39 Å². The highest BCUT2D eigenvalue weighted by atomic mass is 79.9. The summed E-state index contributed by atoms with van der Waals surface area (Å²) in [6, 6.07) is 0. The summed E-state index contributed by atoms with van der Waals surface area (Å²) in [5, 5.41) is 9.16. The summed E-state index contributed by atoms with van der Waals surface area (Å²) in [7, 11) is 0. The molecule has 0 amide bonds. The Morgan fingerprint density at radius 1 is 1.18 bits per heavy atom. The molecule has 2 nitrogen and oxygen atoms in total. The second-order valence-electron chi connectivity index (χ2n) is 1.67. The Morgan fingerprint density at radius 2 is 1.73 bits per heavy atom. The van der Waals surface area contributed by atoms with Gasteiger partial charge < -0.3 is 5.11 Å². The predicted octanol–water partition coefficient (Wildman–Crippen LogP) is 3.21. The van der Waals surface area contributed by atoms with Crippen molar-refractivity contribution in [3.8, 4) is 5.75 Å². The van der Waals surface area contributed by atoms with Crippen molar-refractivity contribution < 1.29 is 9.50 Å². The number of hydrogen-bond donors (Lipinski definition) is 1. The first-order valence-electron chi connectivity index (χ1n) is 2.43. The number of halogens is 4. The lowest BCUT2D eigenvalue weighted by Crippen LogP contribution is -1.87. The topological polar surface area (TPSA) is 33.1 Å². The van der Waals surface area contributed by atoms with Crippen LogP contribution in [-0.4, -0.2) is 10.1 Å². The van der Waals surface area contributed by atoms with Crippen molar-refractivity contribution in [3.63, 3.8) is 0 Å². The fourth-order valence-corrected chi connectivity index (χ4v) is 1.66. The molecule has 60 valence electrons. The molecule has 6 heteroatoms. The van der Waals surface area contributed by atoms with Crippen molar-refractivity contribution in [1.29, 1.82) is 0 Å². The van der Waals surface area contributed by atoms with Gasteiger partial charge in [0.05, 0.1) is 4.47 Å². The maximum atomic E-state index is 12.7. The van der Waals surface area contributed by atoms with E-state index in [4.69, 9.17) is 5.11 Å². The molecule has 0 aliphatic carbocycles. The highest BCUT2D eigenvalue weighted by molar-refractivity contribution is 9.13. The van der Waals surface area contributed by atoms with Gasteiger partial charge in [0, 0.05) is 0 Å². The summed E-state index contributed by atoms with van der Waals surface area (Å²) in [6.07, 6.45) is 0. The molecule has 1 aromatic heterocycles. The van der Waals surface area contributed by atoms with Crippen LogP contribution in [0.4, 0.5) is 4.39 Å². The Morgan fingerprint density at radius 3 is 2.27 bits per heavy atom. The number of hydrogen-bond acceptors (Lipinski definition) is 2. The monoisotopic (exact) mass is 347 g/mol. The fourth-order valence-electron chi connectivity index (χ4n) is 0.476. The van der Waals surface area contributed by atoms with E-state index in [9.17, 15) is 4.39 Å². The van der Waals surface area contributed by atoms with E-state index in [1.165, 1.54) is 0 Å². The van der Waals surface area contributed by atoms with Gasteiger partial charge in [-0.15, -0.1) is 0 Å². The number of aromatic hydroxyl groups is 1. The highest BCUT2D eigenvalue weighted by Crippen LogP contribution is 2.37. The molecule has 0 atom stereocenters. The molecule has 0 spiro atoms. The summed E-state index contributed by atoms with van der Waals surface area (Å²) in [6.45, 7) is 0. The van der Waals surface area contributed by atoms with Gasteiger partial charge in [-0.25, -0.2) is 4.98 Å². The van der Waals surface area contributed by atoms with Gasteiger partial charge in [-0.1, -0.05) is 0 Å². The van der Waals surface area contributed by atoms with Gasteiger partial charge in [-0.05, 0) is 47.8 Å². The van der Waals surface area contributed by atoms with Gasteiger partial charge in [-0.3, -0.25) is 0 Å². The molecule has 1 heterocycles. The van der Waals surface area contributed by atoms with Crippen molar-refractivity contribution in [3.05, 3.63) is 19.5 Å². The van der Waals surface area contributed by atoms with E-state index in [-0.39, 0.29) is 14.8 Å². The van der Waals surface area contributed by atoms with Crippen molar-refractivity contribution in [2.75, 3.05) is 0 Å². The predicted molar refractivity (Wildman–Crippen MR) is 49.0 cm³/mol. The quantitative estimate of drug-likeness (QED) is 0.730. The minimum atomic E-state index is -0.752. The molecule has 0 saturated heterocycles. The van der Waals surface area contributed by atoms with Gasteiger partial charge >= 0.3 is 0 Å². The van der Waals surface area contributed by atoms with E-state index in [1.807, 2.05) is 0 Å². The molecule has 0 saturated carbocycles. The maximum Gasteiger partial charge on any atom is 0.232 e. The molecule has 0 unspecified atom stereocenters. The third-order valence-electron chi connectivity index (χ3n) is 0.974. The minimum absolute atomic E-state index is 0.0485. The Kier molecular flexibility index (Phi) is 2.88. The molecule has 0 aliphatic rings. The van der Waals surface area contributed by atoms with E-state index in [0.717, 1.165) is 0 Å². The van der Waals surface area contributed by atoms with Gasteiger partial charge in [0.15, 0.2) is 5.75 Å².